The first-order valence-electron chi connectivity index (χ1n) is 8.88. The van der Waals surface area contributed by atoms with Crippen LogP contribution in [-0.4, -0.2) is 44.4 Å². The number of rotatable bonds is 6. The number of nitrogens with two attached hydrogens (primary N) is 1. The third kappa shape index (κ3) is 4.40. The number of hydrogen-bond donors (Lipinski definition) is 2. The first-order chi connectivity index (χ1) is 11.8. The second kappa shape index (κ2) is 7.85. The minimum atomic E-state index is -3.64. The van der Waals surface area contributed by atoms with Crippen molar-refractivity contribution in [3.05, 3.63) is 29.3 Å². The molecular formula is C18H29N3O3S. The van der Waals surface area contributed by atoms with Crippen LogP contribution in [-0.2, 0) is 27.7 Å². The quantitative estimate of drug-likeness (QED) is 0.795. The van der Waals surface area contributed by atoms with Crippen molar-refractivity contribution in [2.45, 2.75) is 56.9 Å². The van der Waals surface area contributed by atoms with Crippen LogP contribution in [0.15, 0.2) is 23.1 Å². The van der Waals surface area contributed by atoms with E-state index in [-0.39, 0.29) is 17.3 Å². The third-order valence-corrected chi connectivity index (χ3v) is 6.91. The van der Waals surface area contributed by atoms with Crippen LogP contribution in [0.2, 0.25) is 0 Å². The van der Waals surface area contributed by atoms with Crippen LogP contribution in [0.25, 0.3) is 0 Å². The van der Waals surface area contributed by atoms with Crippen molar-refractivity contribution in [2.75, 3.05) is 19.6 Å². The van der Waals surface area contributed by atoms with Gasteiger partial charge in [0.05, 0.1) is 4.90 Å². The number of hydrogen-bond acceptors (Lipinski definition) is 4. The Bertz CT molecular complexity index is 719. The molecular weight excluding hydrogens is 338 g/mol. The maximum Gasteiger partial charge on any atom is 0.241 e. The lowest BCUT2D eigenvalue weighted by atomic mass is 9.95. The fourth-order valence-corrected chi connectivity index (χ4v) is 4.86. The summed E-state index contributed by atoms with van der Waals surface area (Å²) in [5.74, 6) is 0.0564. The second-order valence-corrected chi connectivity index (χ2v) is 8.42. The number of carbonyl (C=O) groups is 1. The minimum Gasteiger partial charge on any atom is -0.342 e. The summed E-state index contributed by atoms with van der Waals surface area (Å²) in [6.07, 6.45) is 2.69. The van der Waals surface area contributed by atoms with E-state index in [0.717, 1.165) is 17.5 Å². The summed E-state index contributed by atoms with van der Waals surface area (Å²) in [7, 11) is -3.64. The van der Waals surface area contributed by atoms with Crippen molar-refractivity contribution in [3.63, 3.8) is 0 Å². The SMILES string of the molecule is CCC(CC)(CN)NS(=O)(=O)c1ccc2c(c1)CCN(C(C)=O)CC2. The Morgan fingerprint density at radius 2 is 1.80 bits per heavy atom. The van der Waals surface area contributed by atoms with Gasteiger partial charge in [-0.2, -0.15) is 0 Å². The van der Waals surface area contributed by atoms with Gasteiger partial charge in [0.15, 0.2) is 0 Å². The number of benzene rings is 1. The fourth-order valence-electron chi connectivity index (χ4n) is 3.25. The highest BCUT2D eigenvalue weighted by atomic mass is 32.2. The van der Waals surface area contributed by atoms with Crippen LogP contribution in [0.5, 0.6) is 0 Å². The molecule has 25 heavy (non-hydrogen) atoms. The molecule has 1 aliphatic rings. The van der Waals surface area contributed by atoms with Gasteiger partial charge in [-0.25, -0.2) is 13.1 Å². The molecule has 0 bridgehead atoms. The molecule has 0 saturated carbocycles. The number of sulfonamides is 1. The second-order valence-electron chi connectivity index (χ2n) is 6.73. The molecule has 0 fully saturated rings. The Hall–Kier alpha value is -1.44. The topological polar surface area (TPSA) is 92.5 Å². The average Bonchev–Trinajstić information content (AvgIpc) is 2.82. The zero-order chi connectivity index (χ0) is 18.7. The first kappa shape index (κ1) is 19.9. The smallest absolute Gasteiger partial charge is 0.241 e. The first-order valence-corrected chi connectivity index (χ1v) is 10.4. The molecule has 3 N–H and O–H groups in total. The lowest BCUT2D eigenvalue weighted by Gasteiger charge is -2.31. The number of nitrogens with one attached hydrogen (secondary N) is 1. The van der Waals surface area contributed by atoms with Gasteiger partial charge in [0.25, 0.3) is 0 Å². The molecule has 1 aromatic rings. The maximum absolute atomic E-state index is 12.8. The van der Waals surface area contributed by atoms with E-state index in [2.05, 4.69) is 4.72 Å². The third-order valence-electron chi connectivity index (χ3n) is 5.33. The minimum absolute atomic E-state index is 0.0564. The summed E-state index contributed by atoms with van der Waals surface area (Å²) in [6, 6.07) is 5.26. The maximum atomic E-state index is 12.8. The summed E-state index contributed by atoms with van der Waals surface area (Å²) in [5.41, 5.74) is 7.32. The molecule has 0 aromatic heterocycles. The van der Waals surface area contributed by atoms with Crippen LogP contribution in [0.1, 0.15) is 44.7 Å². The van der Waals surface area contributed by atoms with Gasteiger partial charge < -0.3 is 10.6 Å². The number of nitrogens with zero attached hydrogens (tertiary/aromatic N) is 1. The molecule has 0 saturated heterocycles. The lowest BCUT2D eigenvalue weighted by molar-refractivity contribution is -0.128. The molecule has 1 aromatic carbocycles. The highest BCUT2D eigenvalue weighted by Gasteiger charge is 2.31. The molecule has 0 aliphatic carbocycles. The van der Waals surface area contributed by atoms with Crippen molar-refractivity contribution in [3.8, 4) is 0 Å². The van der Waals surface area contributed by atoms with Crippen molar-refractivity contribution in [1.29, 1.82) is 0 Å². The molecule has 0 spiro atoms. The fraction of sp³-hybridized carbons (Fsp3) is 0.611. The van der Waals surface area contributed by atoms with Crippen LogP contribution in [0, 0.1) is 0 Å². The predicted octanol–water partition coefficient (Wildman–Crippen LogP) is 1.43. The van der Waals surface area contributed by atoms with E-state index >= 15 is 0 Å². The summed E-state index contributed by atoms with van der Waals surface area (Å²) < 4.78 is 28.5. The number of fused-ring (bicyclic) bond motifs is 1. The average molecular weight is 368 g/mol. The molecule has 1 amide bonds. The lowest BCUT2D eigenvalue weighted by Crippen LogP contribution is -2.52. The largest absolute Gasteiger partial charge is 0.342 e. The van der Waals surface area contributed by atoms with Crippen molar-refractivity contribution in [1.82, 2.24) is 9.62 Å². The summed E-state index contributed by atoms with van der Waals surface area (Å²) >= 11 is 0. The van der Waals surface area contributed by atoms with E-state index in [0.29, 0.717) is 32.4 Å². The van der Waals surface area contributed by atoms with Crippen LogP contribution >= 0.6 is 0 Å². The number of carbonyl (C=O) groups excluding carboxylic acids is 1. The summed E-state index contributed by atoms with van der Waals surface area (Å²) in [4.78, 5) is 13.7. The normalized spacial score (nSPS) is 15.6. The Labute approximate surface area is 150 Å². The summed E-state index contributed by atoms with van der Waals surface area (Å²) in [5, 5.41) is 0. The van der Waals surface area contributed by atoms with E-state index in [1.54, 1.807) is 24.0 Å². The van der Waals surface area contributed by atoms with E-state index in [9.17, 15) is 13.2 Å². The van der Waals surface area contributed by atoms with Gasteiger partial charge in [-0.05, 0) is 48.9 Å². The monoisotopic (exact) mass is 367 g/mol. The van der Waals surface area contributed by atoms with E-state index in [1.165, 1.54) is 0 Å². The van der Waals surface area contributed by atoms with Crippen LogP contribution < -0.4 is 10.5 Å². The van der Waals surface area contributed by atoms with Gasteiger partial charge in [-0.15, -0.1) is 0 Å². The van der Waals surface area contributed by atoms with E-state index < -0.39 is 15.6 Å². The molecule has 0 atom stereocenters. The van der Waals surface area contributed by atoms with Gasteiger partial charge >= 0.3 is 0 Å². The highest BCUT2D eigenvalue weighted by molar-refractivity contribution is 7.89. The van der Waals surface area contributed by atoms with Crippen molar-refractivity contribution >= 4 is 15.9 Å². The Morgan fingerprint density at radius 3 is 2.32 bits per heavy atom. The Morgan fingerprint density at radius 1 is 1.20 bits per heavy atom. The molecule has 0 unspecified atom stereocenters. The molecule has 1 aliphatic heterocycles. The highest BCUT2D eigenvalue weighted by Crippen LogP contribution is 2.23. The zero-order valence-electron chi connectivity index (χ0n) is 15.3. The predicted molar refractivity (Wildman–Crippen MR) is 98.8 cm³/mol. The van der Waals surface area contributed by atoms with Gasteiger partial charge in [0.1, 0.15) is 0 Å². The molecule has 0 radical (unpaired) electrons. The molecule has 140 valence electrons. The number of amides is 1. The zero-order valence-corrected chi connectivity index (χ0v) is 16.2. The molecule has 2 rings (SSSR count). The Balaban J connectivity index is 2.29. The summed E-state index contributed by atoms with van der Waals surface area (Å²) in [6.45, 7) is 7.00. The van der Waals surface area contributed by atoms with Crippen molar-refractivity contribution in [2.24, 2.45) is 5.73 Å². The van der Waals surface area contributed by atoms with Crippen LogP contribution in [0.4, 0.5) is 0 Å². The van der Waals surface area contributed by atoms with Crippen molar-refractivity contribution < 1.29 is 13.2 Å². The van der Waals surface area contributed by atoms with Gasteiger partial charge in [0, 0.05) is 32.1 Å². The molecule has 1 heterocycles. The molecule has 6 nitrogen and oxygen atoms in total. The van der Waals surface area contributed by atoms with Crippen LogP contribution in [0.3, 0.4) is 0 Å². The van der Waals surface area contributed by atoms with Gasteiger partial charge in [-0.1, -0.05) is 19.9 Å². The van der Waals surface area contributed by atoms with Gasteiger partial charge in [0.2, 0.25) is 15.9 Å². The standard InChI is InChI=1S/C18H29N3O3S/c1-4-18(5-2,13-19)20-25(23,24)17-7-6-15-8-10-21(14(3)22)11-9-16(15)12-17/h6-7,12,20H,4-5,8-11,13,19H2,1-3H3. The van der Waals surface area contributed by atoms with Gasteiger partial charge in [-0.3, -0.25) is 4.79 Å². The Kier molecular flexibility index (Phi) is 6.24. The van der Waals surface area contributed by atoms with E-state index in [1.807, 2.05) is 19.9 Å². The van der Waals surface area contributed by atoms with E-state index in [4.69, 9.17) is 5.73 Å². The molecule has 7 heteroatoms.